The summed E-state index contributed by atoms with van der Waals surface area (Å²) in [6.45, 7) is 7.02. The fourth-order valence-electron chi connectivity index (χ4n) is 3.31. The molecule has 0 aliphatic carbocycles. The van der Waals surface area contributed by atoms with Crippen LogP contribution in [0.4, 0.5) is 5.69 Å². The monoisotopic (exact) mass is 432 g/mol. The second kappa shape index (κ2) is 8.65. The van der Waals surface area contributed by atoms with Gasteiger partial charge in [0, 0.05) is 30.7 Å². The van der Waals surface area contributed by atoms with Crippen LogP contribution >= 0.6 is 15.9 Å². The van der Waals surface area contributed by atoms with E-state index in [4.69, 9.17) is 9.47 Å². The summed E-state index contributed by atoms with van der Waals surface area (Å²) in [6, 6.07) is 11.9. The van der Waals surface area contributed by atoms with E-state index in [2.05, 4.69) is 26.9 Å². The Kier molecular flexibility index (Phi) is 6.26. The first-order valence-corrected chi connectivity index (χ1v) is 9.84. The van der Waals surface area contributed by atoms with Gasteiger partial charge < -0.3 is 19.3 Å². The Labute approximate surface area is 169 Å². The molecule has 0 radical (unpaired) electrons. The zero-order valence-electron chi connectivity index (χ0n) is 16.0. The van der Waals surface area contributed by atoms with Crippen LogP contribution in [0, 0.1) is 13.8 Å². The molecule has 0 spiro atoms. The maximum absolute atomic E-state index is 12.5. The van der Waals surface area contributed by atoms with Crippen molar-refractivity contribution in [2.24, 2.45) is 0 Å². The summed E-state index contributed by atoms with van der Waals surface area (Å²) < 4.78 is 12.3. The number of carbonyl (C=O) groups excluding carboxylic acids is 1. The first-order valence-electron chi connectivity index (χ1n) is 9.05. The van der Waals surface area contributed by atoms with Gasteiger partial charge in [-0.1, -0.05) is 28.1 Å². The van der Waals surface area contributed by atoms with Crippen molar-refractivity contribution in [3.63, 3.8) is 0 Å². The van der Waals surface area contributed by atoms with Gasteiger partial charge in [0.1, 0.15) is 11.5 Å². The molecule has 1 aliphatic heterocycles. The van der Waals surface area contributed by atoms with E-state index in [1.54, 1.807) is 7.11 Å². The van der Waals surface area contributed by atoms with Crippen LogP contribution in [0.25, 0.3) is 0 Å². The van der Waals surface area contributed by atoms with Gasteiger partial charge in [-0.15, -0.1) is 0 Å². The summed E-state index contributed by atoms with van der Waals surface area (Å²) in [5, 5.41) is 0. The van der Waals surface area contributed by atoms with Crippen LogP contribution in [0.15, 0.2) is 40.9 Å². The van der Waals surface area contributed by atoms with E-state index in [1.165, 1.54) is 0 Å². The number of piperazine rings is 1. The van der Waals surface area contributed by atoms with Crippen LogP contribution in [0.3, 0.4) is 0 Å². The Morgan fingerprint density at radius 3 is 2.33 bits per heavy atom. The van der Waals surface area contributed by atoms with Crippen molar-refractivity contribution in [2.45, 2.75) is 13.8 Å². The van der Waals surface area contributed by atoms with Crippen molar-refractivity contribution in [3.8, 4) is 11.5 Å². The second-order valence-corrected chi connectivity index (χ2v) is 7.49. The lowest BCUT2D eigenvalue weighted by Crippen LogP contribution is -2.50. The molecule has 0 aromatic heterocycles. The number of carbonyl (C=O) groups is 1. The van der Waals surface area contributed by atoms with Gasteiger partial charge in [-0.2, -0.15) is 0 Å². The molecule has 0 atom stereocenters. The molecule has 1 heterocycles. The highest BCUT2D eigenvalue weighted by Crippen LogP contribution is 2.29. The molecule has 6 heteroatoms. The molecule has 27 heavy (non-hydrogen) atoms. The van der Waals surface area contributed by atoms with Crippen LogP contribution in [-0.2, 0) is 4.79 Å². The molecule has 144 valence electrons. The average Bonchev–Trinajstić information content (AvgIpc) is 2.70. The number of aryl methyl sites for hydroxylation is 2. The Balaban J connectivity index is 1.54. The average molecular weight is 433 g/mol. The van der Waals surface area contributed by atoms with Crippen LogP contribution in [0.5, 0.6) is 11.5 Å². The van der Waals surface area contributed by atoms with Gasteiger partial charge in [-0.05, 0) is 49.2 Å². The smallest absolute Gasteiger partial charge is 0.260 e. The molecule has 1 fully saturated rings. The Morgan fingerprint density at radius 2 is 1.70 bits per heavy atom. The van der Waals surface area contributed by atoms with E-state index in [-0.39, 0.29) is 12.5 Å². The molecule has 0 saturated carbocycles. The normalized spacial score (nSPS) is 14.2. The topological polar surface area (TPSA) is 42.0 Å². The van der Waals surface area contributed by atoms with E-state index >= 15 is 0 Å². The summed E-state index contributed by atoms with van der Waals surface area (Å²) in [5.74, 6) is 1.61. The van der Waals surface area contributed by atoms with E-state index in [0.717, 1.165) is 45.9 Å². The third kappa shape index (κ3) is 4.56. The fourth-order valence-corrected chi connectivity index (χ4v) is 3.54. The lowest BCUT2D eigenvalue weighted by Gasteiger charge is -2.36. The number of hydrogen-bond donors (Lipinski definition) is 0. The quantitative estimate of drug-likeness (QED) is 0.720. The predicted molar refractivity (Wildman–Crippen MR) is 111 cm³/mol. The third-order valence-corrected chi connectivity index (χ3v) is 6.08. The number of ether oxygens (including phenoxy) is 2. The molecule has 1 aliphatic rings. The summed E-state index contributed by atoms with van der Waals surface area (Å²) >= 11 is 3.55. The first-order chi connectivity index (χ1) is 13.0. The lowest BCUT2D eigenvalue weighted by molar-refractivity contribution is -0.133. The Bertz CT molecular complexity index is 794. The van der Waals surface area contributed by atoms with Crippen molar-refractivity contribution in [2.75, 3.05) is 44.8 Å². The molecule has 1 amide bonds. The lowest BCUT2D eigenvalue weighted by atomic mass is 10.1. The molecule has 3 rings (SSSR count). The minimum Gasteiger partial charge on any atom is -0.495 e. The molecule has 0 N–H and O–H groups in total. The number of amides is 1. The molecule has 2 aromatic carbocycles. The van der Waals surface area contributed by atoms with Crippen LogP contribution in [0.2, 0.25) is 0 Å². The van der Waals surface area contributed by atoms with Crippen molar-refractivity contribution in [1.82, 2.24) is 4.90 Å². The molecule has 1 saturated heterocycles. The number of hydrogen-bond acceptors (Lipinski definition) is 4. The number of rotatable bonds is 5. The number of nitrogens with zero attached hydrogens (tertiary/aromatic N) is 2. The number of para-hydroxylation sites is 2. The Hall–Kier alpha value is -2.21. The second-order valence-electron chi connectivity index (χ2n) is 6.70. The highest BCUT2D eigenvalue weighted by atomic mass is 79.9. The van der Waals surface area contributed by atoms with Gasteiger partial charge >= 0.3 is 0 Å². The SMILES string of the molecule is COc1ccccc1N1CCN(C(=O)COc2cc(C)c(Br)c(C)c2)CC1. The third-order valence-electron chi connectivity index (χ3n) is 4.83. The number of halogens is 1. The van der Waals surface area contributed by atoms with Gasteiger partial charge in [0.2, 0.25) is 0 Å². The minimum atomic E-state index is 0.0212. The summed E-state index contributed by atoms with van der Waals surface area (Å²) in [4.78, 5) is 16.6. The van der Waals surface area contributed by atoms with Gasteiger partial charge in [0.25, 0.3) is 5.91 Å². The van der Waals surface area contributed by atoms with Gasteiger partial charge in [-0.25, -0.2) is 0 Å². The highest BCUT2D eigenvalue weighted by Gasteiger charge is 2.23. The van der Waals surface area contributed by atoms with Crippen LogP contribution in [0.1, 0.15) is 11.1 Å². The summed E-state index contributed by atoms with van der Waals surface area (Å²) in [6.07, 6.45) is 0. The van der Waals surface area contributed by atoms with Crippen molar-refractivity contribution >= 4 is 27.5 Å². The number of anilines is 1. The first kappa shape index (κ1) is 19.5. The van der Waals surface area contributed by atoms with Crippen LogP contribution < -0.4 is 14.4 Å². The molecule has 0 bridgehead atoms. The highest BCUT2D eigenvalue weighted by molar-refractivity contribution is 9.10. The maximum Gasteiger partial charge on any atom is 0.260 e. The fraction of sp³-hybridized carbons (Fsp3) is 0.381. The van der Waals surface area contributed by atoms with E-state index in [1.807, 2.05) is 49.1 Å². The maximum atomic E-state index is 12.5. The molecule has 5 nitrogen and oxygen atoms in total. The van der Waals surface area contributed by atoms with Gasteiger partial charge in [-0.3, -0.25) is 4.79 Å². The van der Waals surface area contributed by atoms with Crippen LogP contribution in [-0.4, -0.2) is 50.7 Å². The molecule has 0 unspecified atom stereocenters. The largest absolute Gasteiger partial charge is 0.495 e. The number of benzene rings is 2. The Morgan fingerprint density at radius 1 is 1.07 bits per heavy atom. The predicted octanol–water partition coefficient (Wildman–Crippen LogP) is 3.80. The number of methoxy groups -OCH3 is 1. The van der Waals surface area contributed by atoms with Gasteiger partial charge in [0.05, 0.1) is 12.8 Å². The van der Waals surface area contributed by atoms with Gasteiger partial charge in [0.15, 0.2) is 6.61 Å². The van der Waals surface area contributed by atoms with Crippen molar-refractivity contribution < 1.29 is 14.3 Å². The van der Waals surface area contributed by atoms with E-state index in [9.17, 15) is 4.79 Å². The summed E-state index contributed by atoms with van der Waals surface area (Å²) in [5.41, 5.74) is 3.27. The zero-order valence-corrected chi connectivity index (χ0v) is 17.6. The van der Waals surface area contributed by atoms with E-state index in [0.29, 0.717) is 13.1 Å². The van der Waals surface area contributed by atoms with E-state index < -0.39 is 0 Å². The van der Waals surface area contributed by atoms with Crippen molar-refractivity contribution in [3.05, 3.63) is 52.0 Å². The minimum absolute atomic E-state index is 0.0212. The molecular formula is C21H25BrN2O3. The zero-order chi connectivity index (χ0) is 19.4. The molecule has 2 aromatic rings. The van der Waals surface area contributed by atoms with Crippen molar-refractivity contribution in [1.29, 1.82) is 0 Å². The standard InChI is InChI=1S/C21H25BrN2O3/c1-15-12-17(13-16(2)21(15)22)27-14-20(25)24-10-8-23(9-11-24)18-6-4-5-7-19(18)26-3/h4-7,12-13H,8-11,14H2,1-3H3. The summed E-state index contributed by atoms with van der Waals surface area (Å²) in [7, 11) is 1.68. The molecular weight excluding hydrogens is 408 g/mol.